The van der Waals surface area contributed by atoms with Crippen LogP contribution in [0.1, 0.15) is 37.3 Å². The molecule has 3 nitrogen and oxygen atoms in total. The zero-order valence-corrected chi connectivity index (χ0v) is 10.5. The Labute approximate surface area is 105 Å². The van der Waals surface area contributed by atoms with Crippen LogP contribution in [0.25, 0.3) is 0 Å². The van der Waals surface area contributed by atoms with E-state index in [-0.39, 0.29) is 5.82 Å². The number of aliphatic carboxylic acids is 1. The molecule has 0 fully saturated rings. The summed E-state index contributed by atoms with van der Waals surface area (Å²) in [6.45, 7) is 3.38. The molecule has 0 saturated heterocycles. The highest BCUT2D eigenvalue weighted by Crippen LogP contribution is 2.44. The molecule has 2 unspecified atom stereocenters. The van der Waals surface area contributed by atoms with Gasteiger partial charge in [-0.1, -0.05) is 19.9 Å². The predicted octanol–water partition coefficient (Wildman–Crippen LogP) is 2.33. The second-order valence-electron chi connectivity index (χ2n) is 5.22. The van der Waals surface area contributed by atoms with Crippen LogP contribution in [-0.2, 0) is 11.2 Å². The van der Waals surface area contributed by atoms with E-state index in [1.165, 1.54) is 12.1 Å². The maximum absolute atomic E-state index is 13.1. The zero-order chi connectivity index (χ0) is 13.5. The summed E-state index contributed by atoms with van der Waals surface area (Å²) in [6.07, 6.45) is 1.15. The van der Waals surface area contributed by atoms with Crippen molar-refractivity contribution in [2.45, 2.75) is 38.2 Å². The van der Waals surface area contributed by atoms with E-state index < -0.39 is 23.4 Å². The fraction of sp³-hybridized carbons (Fsp3) is 0.500. The van der Waals surface area contributed by atoms with Crippen LogP contribution in [-0.4, -0.2) is 21.8 Å². The molecule has 1 aromatic rings. The number of benzene rings is 1. The number of rotatable bonds is 3. The van der Waals surface area contributed by atoms with Gasteiger partial charge in [-0.15, -0.1) is 0 Å². The minimum atomic E-state index is -1.79. The minimum Gasteiger partial charge on any atom is -0.479 e. The molecule has 18 heavy (non-hydrogen) atoms. The lowest BCUT2D eigenvalue weighted by Gasteiger charge is -2.34. The SMILES string of the molecule is CC(C)C(O)(C(=O)O)C1CCc2cc(F)ccc21. The molecule has 98 valence electrons. The molecule has 0 aliphatic heterocycles. The highest BCUT2D eigenvalue weighted by Gasteiger charge is 2.49. The van der Waals surface area contributed by atoms with Gasteiger partial charge in [-0.25, -0.2) is 9.18 Å². The molecular formula is C14H17FO3. The summed E-state index contributed by atoms with van der Waals surface area (Å²) in [4.78, 5) is 11.4. The number of carboxylic acids is 1. The number of carboxylic acid groups (broad SMARTS) is 1. The summed E-state index contributed by atoms with van der Waals surface area (Å²) < 4.78 is 13.1. The third-order valence-corrected chi connectivity index (χ3v) is 3.94. The summed E-state index contributed by atoms with van der Waals surface area (Å²) in [5.41, 5.74) is -0.223. The third-order valence-electron chi connectivity index (χ3n) is 3.94. The summed E-state index contributed by atoms with van der Waals surface area (Å²) in [6, 6.07) is 4.34. The molecule has 2 N–H and O–H groups in total. The average molecular weight is 252 g/mol. The number of aliphatic hydroxyl groups is 1. The van der Waals surface area contributed by atoms with Crippen LogP contribution >= 0.6 is 0 Å². The van der Waals surface area contributed by atoms with Gasteiger partial charge < -0.3 is 10.2 Å². The Balaban J connectivity index is 2.46. The zero-order valence-electron chi connectivity index (χ0n) is 10.5. The lowest BCUT2D eigenvalue weighted by atomic mass is 9.75. The summed E-state index contributed by atoms with van der Waals surface area (Å²) in [5.74, 6) is -2.40. The van der Waals surface area contributed by atoms with Crippen molar-refractivity contribution >= 4 is 5.97 Å². The first-order chi connectivity index (χ1) is 8.37. The Morgan fingerprint density at radius 3 is 2.72 bits per heavy atom. The van der Waals surface area contributed by atoms with E-state index in [1.54, 1.807) is 19.9 Å². The lowest BCUT2D eigenvalue weighted by Crippen LogP contribution is -2.48. The van der Waals surface area contributed by atoms with E-state index in [0.29, 0.717) is 12.8 Å². The first-order valence-electron chi connectivity index (χ1n) is 6.11. The van der Waals surface area contributed by atoms with E-state index in [0.717, 1.165) is 11.1 Å². The van der Waals surface area contributed by atoms with E-state index >= 15 is 0 Å². The molecule has 0 bridgehead atoms. The average Bonchev–Trinajstić information content (AvgIpc) is 2.70. The quantitative estimate of drug-likeness (QED) is 0.868. The van der Waals surface area contributed by atoms with Crippen LogP contribution < -0.4 is 0 Å². The molecule has 4 heteroatoms. The Bertz CT molecular complexity index is 484. The van der Waals surface area contributed by atoms with Crippen molar-refractivity contribution in [3.8, 4) is 0 Å². The fourth-order valence-corrected chi connectivity index (χ4v) is 2.84. The maximum atomic E-state index is 13.1. The summed E-state index contributed by atoms with van der Waals surface area (Å²) in [5, 5.41) is 19.8. The lowest BCUT2D eigenvalue weighted by molar-refractivity contribution is -0.167. The molecule has 0 spiro atoms. The van der Waals surface area contributed by atoms with Crippen molar-refractivity contribution in [3.63, 3.8) is 0 Å². The normalized spacial score (nSPS) is 21.7. The highest BCUT2D eigenvalue weighted by molar-refractivity contribution is 5.79. The van der Waals surface area contributed by atoms with Gasteiger partial charge in [-0.2, -0.15) is 0 Å². The third kappa shape index (κ3) is 1.81. The second-order valence-corrected chi connectivity index (χ2v) is 5.22. The van der Waals surface area contributed by atoms with Crippen LogP contribution in [0, 0.1) is 11.7 Å². The number of carbonyl (C=O) groups is 1. The maximum Gasteiger partial charge on any atom is 0.336 e. The van der Waals surface area contributed by atoms with Crippen molar-refractivity contribution < 1.29 is 19.4 Å². The fourth-order valence-electron chi connectivity index (χ4n) is 2.84. The number of hydrogen-bond donors (Lipinski definition) is 2. The molecule has 0 radical (unpaired) electrons. The monoisotopic (exact) mass is 252 g/mol. The molecule has 0 amide bonds. The van der Waals surface area contributed by atoms with Crippen molar-refractivity contribution in [3.05, 3.63) is 35.1 Å². The van der Waals surface area contributed by atoms with Crippen molar-refractivity contribution in [2.24, 2.45) is 5.92 Å². The smallest absolute Gasteiger partial charge is 0.336 e. The Morgan fingerprint density at radius 1 is 1.50 bits per heavy atom. The molecule has 2 rings (SSSR count). The van der Waals surface area contributed by atoms with Crippen molar-refractivity contribution in [1.82, 2.24) is 0 Å². The first-order valence-corrected chi connectivity index (χ1v) is 6.11. The van der Waals surface area contributed by atoms with Crippen LogP contribution in [0.15, 0.2) is 18.2 Å². The second kappa shape index (κ2) is 4.35. The molecule has 1 aliphatic rings. The Kier molecular flexibility index (Phi) is 3.15. The molecular weight excluding hydrogens is 235 g/mol. The highest BCUT2D eigenvalue weighted by atomic mass is 19.1. The van der Waals surface area contributed by atoms with Crippen molar-refractivity contribution in [2.75, 3.05) is 0 Å². The molecule has 0 saturated carbocycles. The standard InChI is InChI=1S/C14H17FO3/c1-8(2)14(18,13(16)17)12-6-3-9-7-10(15)4-5-11(9)12/h4-5,7-8,12,18H,3,6H2,1-2H3,(H,16,17). The molecule has 2 atom stereocenters. The van der Waals surface area contributed by atoms with Crippen LogP contribution in [0.5, 0.6) is 0 Å². The Hall–Kier alpha value is -1.42. The topological polar surface area (TPSA) is 57.5 Å². The van der Waals surface area contributed by atoms with E-state index in [4.69, 9.17) is 0 Å². The summed E-state index contributed by atoms with van der Waals surface area (Å²) >= 11 is 0. The van der Waals surface area contributed by atoms with Gasteiger partial charge in [-0.3, -0.25) is 0 Å². The number of halogens is 1. The van der Waals surface area contributed by atoms with Crippen LogP contribution in [0.3, 0.4) is 0 Å². The molecule has 0 aromatic heterocycles. The van der Waals surface area contributed by atoms with Gasteiger partial charge in [0, 0.05) is 5.92 Å². The predicted molar refractivity (Wildman–Crippen MR) is 64.9 cm³/mol. The summed E-state index contributed by atoms with van der Waals surface area (Å²) in [7, 11) is 0. The van der Waals surface area contributed by atoms with Gasteiger partial charge in [0.25, 0.3) is 0 Å². The minimum absolute atomic E-state index is 0.321. The van der Waals surface area contributed by atoms with Gasteiger partial charge in [0.2, 0.25) is 0 Å². The van der Waals surface area contributed by atoms with E-state index in [9.17, 15) is 19.4 Å². The van der Waals surface area contributed by atoms with Gasteiger partial charge in [0.1, 0.15) is 5.82 Å². The molecule has 1 aliphatic carbocycles. The van der Waals surface area contributed by atoms with Crippen LogP contribution in [0.2, 0.25) is 0 Å². The number of hydrogen-bond acceptors (Lipinski definition) is 2. The largest absolute Gasteiger partial charge is 0.479 e. The van der Waals surface area contributed by atoms with E-state index in [2.05, 4.69) is 0 Å². The van der Waals surface area contributed by atoms with Gasteiger partial charge in [0.15, 0.2) is 5.60 Å². The van der Waals surface area contributed by atoms with Gasteiger partial charge in [0.05, 0.1) is 0 Å². The van der Waals surface area contributed by atoms with Crippen molar-refractivity contribution in [1.29, 1.82) is 0 Å². The van der Waals surface area contributed by atoms with E-state index in [1.807, 2.05) is 0 Å². The number of aryl methyl sites for hydroxylation is 1. The Morgan fingerprint density at radius 2 is 2.17 bits per heavy atom. The first kappa shape index (κ1) is 13.0. The van der Waals surface area contributed by atoms with Crippen LogP contribution in [0.4, 0.5) is 4.39 Å². The van der Waals surface area contributed by atoms with Gasteiger partial charge in [-0.05, 0) is 42.0 Å². The number of fused-ring (bicyclic) bond motifs is 1. The van der Waals surface area contributed by atoms with Gasteiger partial charge >= 0.3 is 5.97 Å². The molecule has 1 aromatic carbocycles. The molecule has 0 heterocycles.